The Bertz CT molecular complexity index is 780. The highest BCUT2D eigenvalue weighted by Gasteiger charge is 2.62. The second-order valence-electron chi connectivity index (χ2n) is 6.17. The molecular weight excluding hydrogens is 367 g/mol. The fourth-order valence-electron chi connectivity index (χ4n) is 2.84. The van der Waals surface area contributed by atoms with Crippen LogP contribution in [0, 0.1) is 6.92 Å². The molecule has 0 saturated heterocycles. The van der Waals surface area contributed by atoms with Gasteiger partial charge in [0.2, 0.25) is 0 Å². The van der Waals surface area contributed by atoms with E-state index in [9.17, 15) is 18.2 Å². The summed E-state index contributed by atoms with van der Waals surface area (Å²) < 4.78 is 41.2. The number of nitrogens with zero attached hydrogens (tertiary/aromatic N) is 1. The van der Waals surface area contributed by atoms with Crippen LogP contribution in [0.5, 0.6) is 0 Å². The van der Waals surface area contributed by atoms with Crippen LogP contribution in [0.3, 0.4) is 0 Å². The highest BCUT2D eigenvalue weighted by atomic mass is 35.5. The highest BCUT2D eigenvalue weighted by molar-refractivity contribution is 6.64. The average molecular weight is 387 g/mol. The van der Waals surface area contributed by atoms with Crippen LogP contribution in [0.1, 0.15) is 24.5 Å². The Morgan fingerprint density at radius 1 is 1.50 bits per heavy atom. The molecule has 0 bridgehead atoms. The number of benzene rings is 1. The van der Waals surface area contributed by atoms with Gasteiger partial charge in [-0.3, -0.25) is 0 Å². The van der Waals surface area contributed by atoms with Crippen LogP contribution in [0.25, 0.3) is 0 Å². The maximum Gasteiger partial charge on any atom is 0.435 e. The molecule has 1 aliphatic heterocycles. The van der Waals surface area contributed by atoms with E-state index in [1.165, 1.54) is 6.92 Å². The van der Waals surface area contributed by atoms with Crippen LogP contribution >= 0.6 is 11.6 Å². The Kier molecular flexibility index (Phi) is 5.90. The Morgan fingerprint density at radius 2 is 2.15 bits per heavy atom. The van der Waals surface area contributed by atoms with E-state index in [0.29, 0.717) is 11.0 Å². The van der Waals surface area contributed by atoms with E-state index >= 15 is 0 Å². The van der Waals surface area contributed by atoms with Crippen molar-refractivity contribution in [3.05, 3.63) is 52.6 Å². The van der Waals surface area contributed by atoms with Gasteiger partial charge in [-0.1, -0.05) is 47.1 Å². The van der Waals surface area contributed by atoms with Gasteiger partial charge in [0.05, 0.1) is 5.71 Å². The number of alkyl halides is 3. The van der Waals surface area contributed by atoms with Crippen LogP contribution < -0.4 is 10.7 Å². The topological polar surface area (TPSA) is 53.8 Å². The van der Waals surface area contributed by atoms with E-state index in [1.807, 2.05) is 0 Å². The number of hydrogen-bond acceptors (Lipinski definition) is 4. The maximum atomic E-state index is 13.7. The van der Waals surface area contributed by atoms with Gasteiger partial charge in [-0.15, -0.1) is 0 Å². The Labute approximate surface area is 155 Å². The summed E-state index contributed by atoms with van der Waals surface area (Å²) in [5.41, 5.74) is -0.674. The molecule has 1 aromatic rings. The van der Waals surface area contributed by atoms with E-state index in [4.69, 9.17) is 16.4 Å². The fraction of sp³-hybridized carbons (Fsp3) is 0.353. The van der Waals surface area contributed by atoms with Crippen molar-refractivity contribution in [1.82, 2.24) is 5.23 Å². The highest BCUT2D eigenvalue weighted by Crippen LogP contribution is 2.46. The van der Waals surface area contributed by atoms with Crippen LogP contribution in [-0.2, 0) is 4.84 Å². The second kappa shape index (κ2) is 7.46. The van der Waals surface area contributed by atoms with Crippen LogP contribution in [0.2, 0.25) is 0 Å². The summed E-state index contributed by atoms with van der Waals surface area (Å²) in [5.74, 6) is 0. The van der Waals surface area contributed by atoms with Crippen molar-refractivity contribution in [2.24, 2.45) is 5.16 Å². The molecule has 0 spiro atoms. The third-order valence-electron chi connectivity index (χ3n) is 4.37. The molecule has 0 radical (unpaired) electrons. The van der Waals surface area contributed by atoms with Crippen molar-refractivity contribution < 1.29 is 23.0 Å². The zero-order valence-electron chi connectivity index (χ0n) is 14.6. The molecule has 1 atom stereocenters. The predicted octanol–water partition coefficient (Wildman–Crippen LogP) is 3.03. The zero-order valence-corrected chi connectivity index (χ0v) is 15.4. The molecule has 0 aliphatic carbocycles. The third-order valence-corrected chi connectivity index (χ3v) is 4.48. The van der Waals surface area contributed by atoms with Crippen molar-refractivity contribution >= 4 is 29.8 Å². The molecule has 9 heteroatoms. The van der Waals surface area contributed by atoms with Crippen LogP contribution in [0.15, 0.2) is 46.6 Å². The number of halogens is 4. The van der Waals surface area contributed by atoms with E-state index in [2.05, 4.69) is 17.0 Å². The predicted molar refractivity (Wildman–Crippen MR) is 97.6 cm³/mol. The minimum Gasteiger partial charge on any atom is -0.433 e. The SMILES string of the molecule is C=C(Cl)C=C(C)C1(C(F)(F)F)CC(c2ccc(B(O)NC)c(C)c2)=NO1. The first-order valence-electron chi connectivity index (χ1n) is 7.83. The lowest BCUT2D eigenvalue weighted by Gasteiger charge is -2.30. The summed E-state index contributed by atoms with van der Waals surface area (Å²) in [4.78, 5) is 4.91. The van der Waals surface area contributed by atoms with Gasteiger partial charge in [0.15, 0.2) is 0 Å². The monoisotopic (exact) mass is 386 g/mol. The zero-order chi connectivity index (χ0) is 19.7. The number of aryl methyl sites for hydroxylation is 1. The molecule has 1 aliphatic rings. The fourth-order valence-corrected chi connectivity index (χ4v) is 3.01. The summed E-state index contributed by atoms with van der Waals surface area (Å²) in [7, 11) is 0.741. The molecule has 0 amide bonds. The standard InChI is InChI=1S/C17H19BClF3N2O2/c1-10-7-13(5-6-14(10)18(25)23-4)15-9-16(26-24-15,17(20,21)22)11(2)8-12(3)19/h5-8,23,25H,3,9H2,1-2,4H3. The minimum atomic E-state index is -4.68. The van der Waals surface area contributed by atoms with Crippen LogP contribution in [-0.4, -0.2) is 36.6 Å². The molecule has 0 aromatic heterocycles. The first kappa shape index (κ1) is 20.5. The first-order valence-corrected chi connectivity index (χ1v) is 8.21. The molecule has 4 nitrogen and oxygen atoms in total. The quantitative estimate of drug-likeness (QED) is 0.604. The summed E-state index contributed by atoms with van der Waals surface area (Å²) in [6, 6.07) is 4.92. The van der Waals surface area contributed by atoms with Crippen molar-refractivity contribution in [1.29, 1.82) is 0 Å². The van der Waals surface area contributed by atoms with Gasteiger partial charge in [0, 0.05) is 11.5 Å². The van der Waals surface area contributed by atoms with Gasteiger partial charge in [0.25, 0.3) is 5.60 Å². The maximum absolute atomic E-state index is 13.7. The molecular formula is C17H19BClF3N2O2. The molecule has 0 fully saturated rings. The number of nitrogens with one attached hydrogen (secondary N) is 1. The van der Waals surface area contributed by atoms with Crippen LogP contribution in [0.4, 0.5) is 13.2 Å². The lowest BCUT2D eigenvalue weighted by molar-refractivity contribution is -0.253. The molecule has 2 N–H and O–H groups in total. The molecule has 26 heavy (non-hydrogen) atoms. The molecule has 2 rings (SSSR count). The molecule has 1 unspecified atom stereocenters. The van der Waals surface area contributed by atoms with Crippen molar-refractivity contribution in [2.75, 3.05) is 7.05 Å². The second-order valence-corrected chi connectivity index (χ2v) is 6.65. The minimum absolute atomic E-state index is 0.0237. The Hall–Kier alpha value is -1.77. The van der Waals surface area contributed by atoms with E-state index in [-0.39, 0.29) is 16.3 Å². The van der Waals surface area contributed by atoms with Gasteiger partial charge in [-0.2, -0.15) is 13.2 Å². The van der Waals surface area contributed by atoms with Crippen molar-refractivity contribution in [3.63, 3.8) is 0 Å². The van der Waals surface area contributed by atoms with Crippen molar-refractivity contribution in [2.45, 2.75) is 32.0 Å². The molecule has 140 valence electrons. The summed E-state index contributed by atoms with van der Waals surface area (Å²) >= 11 is 5.64. The van der Waals surface area contributed by atoms with Gasteiger partial charge >= 0.3 is 13.2 Å². The van der Waals surface area contributed by atoms with Gasteiger partial charge in [0.1, 0.15) is 0 Å². The lowest BCUT2D eigenvalue weighted by atomic mass is 9.71. The number of hydrogen-bond donors (Lipinski definition) is 2. The summed E-state index contributed by atoms with van der Waals surface area (Å²) in [6.07, 6.45) is -4.02. The van der Waals surface area contributed by atoms with Gasteiger partial charge in [-0.05, 0) is 43.6 Å². The third kappa shape index (κ3) is 3.82. The average Bonchev–Trinajstić information content (AvgIpc) is 3.00. The van der Waals surface area contributed by atoms with Gasteiger partial charge in [-0.25, -0.2) is 0 Å². The lowest BCUT2D eigenvalue weighted by Crippen LogP contribution is -2.46. The normalized spacial score (nSPS) is 20.6. The Morgan fingerprint density at radius 3 is 2.65 bits per heavy atom. The summed E-state index contributed by atoms with van der Waals surface area (Å²) in [6.45, 7) is 6.45. The van der Waals surface area contributed by atoms with E-state index in [0.717, 1.165) is 11.6 Å². The summed E-state index contributed by atoms with van der Waals surface area (Å²) in [5, 5.41) is 16.2. The molecule has 1 heterocycles. The first-order chi connectivity index (χ1) is 12.0. The van der Waals surface area contributed by atoms with E-state index in [1.54, 1.807) is 32.2 Å². The number of oxime groups is 1. The molecule has 0 saturated carbocycles. The van der Waals surface area contributed by atoms with Crippen molar-refractivity contribution in [3.8, 4) is 0 Å². The largest absolute Gasteiger partial charge is 0.435 e. The van der Waals surface area contributed by atoms with E-state index < -0.39 is 25.2 Å². The molecule has 1 aromatic carbocycles. The van der Waals surface area contributed by atoms with Gasteiger partial charge < -0.3 is 15.1 Å². The number of rotatable bonds is 5. The Balaban J connectivity index is 2.38. The smallest absolute Gasteiger partial charge is 0.433 e. The number of allylic oxidation sites excluding steroid dienone is 2.